The molecule has 0 aliphatic heterocycles. The van der Waals surface area contributed by atoms with E-state index in [1.54, 1.807) is 7.11 Å². The lowest BCUT2D eigenvalue weighted by atomic mass is 10.2. The van der Waals surface area contributed by atoms with E-state index < -0.39 is 0 Å². The Morgan fingerprint density at radius 1 is 1.33 bits per heavy atom. The van der Waals surface area contributed by atoms with Gasteiger partial charge in [-0.15, -0.1) is 0 Å². The van der Waals surface area contributed by atoms with Crippen LogP contribution in [0.15, 0.2) is 18.2 Å². The second-order valence-corrected chi connectivity index (χ2v) is 4.98. The van der Waals surface area contributed by atoms with Crippen LogP contribution in [-0.2, 0) is 6.54 Å². The first-order valence-electron chi connectivity index (χ1n) is 6.80. The molecule has 1 aliphatic rings. The van der Waals surface area contributed by atoms with Crippen molar-refractivity contribution in [2.24, 2.45) is 0 Å². The summed E-state index contributed by atoms with van der Waals surface area (Å²) in [5, 5.41) is 3.50. The van der Waals surface area contributed by atoms with Gasteiger partial charge in [-0.25, -0.2) is 0 Å². The molecule has 100 valence electrons. The highest BCUT2D eigenvalue weighted by molar-refractivity contribution is 5.43. The zero-order valence-corrected chi connectivity index (χ0v) is 11.5. The van der Waals surface area contributed by atoms with Crippen molar-refractivity contribution in [2.75, 3.05) is 7.11 Å². The van der Waals surface area contributed by atoms with Crippen molar-refractivity contribution in [1.29, 1.82) is 0 Å². The van der Waals surface area contributed by atoms with E-state index in [-0.39, 0.29) is 6.10 Å². The molecule has 0 radical (unpaired) electrons. The molecule has 0 amide bonds. The Bertz CT molecular complexity index is 388. The number of benzene rings is 1. The molecular weight excluding hydrogens is 226 g/mol. The van der Waals surface area contributed by atoms with Gasteiger partial charge in [0, 0.05) is 12.6 Å². The predicted molar refractivity (Wildman–Crippen MR) is 73.2 cm³/mol. The van der Waals surface area contributed by atoms with Gasteiger partial charge in [0.25, 0.3) is 0 Å². The number of methoxy groups -OCH3 is 1. The molecule has 0 bridgehead atoms. The summed E-state index contributed by atoms with van der Waals surface area (Å²) in [5.41, 5.74) is 1.25. The molecule has 1 fully saturated rings. The highest BCUT2D eigenvalue weighted by Crippen LogP contribution is 2.29. The fourth-order valence-electron chi connectivity index (χ4n) is 1.77. The molecule has 1 aromatic carbocycles. The van der Waals surface area contributed by atoms with Crippen molar-refractivity contribution in [3.05, 3.63) is 23.8 Å². The topological polar surface area (TPSA) is 30.5 Å². The molecule has 3 nitrogen and oxygen atoms in total. The third-order valence-electron chi connectivity index (χ3n) is 3.30. The fourth-order valence-corrected chi connectivity index (χ4v) is 1.77. The summed E-state index contributed by atoms with van der Waals surface area (Å²) in [6, 6.07) is 6.91. The zero-order chi connectivity index (χ0) is 13.0. The quantitative estimate of drug-likeness (QED) is 0.805. The summed E-state index contributed by atoms with van der Waals surface area (Å²) < 4.78 is 11.2. The van der Waals surface area contributed by atoms with Crippen LogP contribution in [0.5, 0.6) is 11.5 Å². The summed E-state index contributed by atoms with van der Waals surface area (Å²) in [6.45, 7) is 5.09. The molecular formula is C15H23NO2. The van der Waals surface area contributed by atoms with Gasteiger partial charge < -0.3 is 14.8 Å². The van der Waals surface area contributed by atoms with E-state index in [4.69, 9.17) is 9.47 Å². The van der Waals surface area contributed by atoms with E-state index in [1.165, 1.54) is 18.4 Å². The maximum absolute atomic E-state index is 5.83. The van der Waals surface area contributed by atoms with Crippen molar-refractivity contribution in [3.8, 4) is 11.5 Å². The summed E-state index contributed by atoms with van der Waals surface area (Å²) in [4.78, 5) is 0. The largest absolute Gasteiger partial charge is 0.493 e. The van der Waals surface area contributed by atoms with Gasteiger partial charge in [-0.1, -0.05) is 13.0 Å². The molecule has 1 atom stereocenters. The minimum absolute atomic E-state index is 0.217. The lowest BCUT2D eigenvalue weighted by Crippen LogP contribution is -2.15. The van der Waals surface area contributed by atoms with Gasteiger partial charge in [0.15, 0.2) is 11.5 Å². The Hall–Kier alpha value is -1.22. The molecule has 1 aromatic rings. The van der Waals surface area contributed by atoms with Gasteiger partial charge >= 0.3 is 0 Å². The Labute approximate surface area is 109 Å². The average Bonchev–Trinajstić information content (AvgIpc) is 3.21. The number of hydrogen-bond acceptors (Lipinski definition) is 3. The van der Waals surface area contributed by atoms with Crippen molar-refractivity contribution in [2.45, 2.75) is 51.8 Å². The normalized spacial score (nSPS) is 16.4. The van der Waals surface area contributed by atoms with E-state index in [0.29, 0.717) is 0 Å². The molecule has 1 unspecified atom stereocenters. The molecule has 0 aromatic heterocycles. The number of hydrogen-bond donors (Lipinski definition) is 1. The molecule has 0 spiro atoms. The number of nitrogens with one attached hydrogen (secondary N) is 1. The summed E-state index contributed by atoms with van der Waals surface area (Å²) >= 11 is 0. The van der Waals surface area contributed by atoms with E-state index >= 15 is 0 Å². The number of ether oxygens (including phenoxy) is 2. The Morgan fingerprint density at radius 3 is 2.72 bits per heavy atom. The first-order chi connectivity index (χ1) is 8.72. The minimum Gasteiger partial charge on any atom is -0.493 e. The Balaban J connectivity index is 2.01. The minimum atomic E-state index is 0.217. The molecule has 1 aliphatic carbocycles. The molecule has 18 heavy (non-hydrogen) atoms. The van der Waals surface area contributed by atoms with Crippen molar-refractivity contribution in [3.63, 3.8) is 0 Å². The fraction of sp³-hybridized carbons (Fsp3) is 0.600. The maximum atomic E-state index is 5.83. The van der Waals surface area contributed by atoms with Crippen LogP contribution in [-0.4, -0.2) is 19.3 Å². The average molecular weight is 249 g/mol. The van der Waals surface area contributed by atoms with Crippen molar-refractivity contribution in [1.82, 2.24) is 5.32 Å². The van der Waals surface area contributed by atoms with E-state index in [0.717, 1.165) is 30.5 Å². The summed E-state index contributed by atoms with van der Waals surface area (Å²) in [6.07, 6.45) is 3.83. The smallest absolute Gasteiger partial charge is 0.161 e. The van der Waals surface area contributed by atoms with Crippen LogP contribution >= 0.6 is 0 Å². The zero-order valence-electron chi connectivity index (χ0n) is 11.5. The van der Waals surface area contributed by atoms with Crippen LogP contribution in [0.3, 0.4) is 0 Å². The Morgan fingerprint density at radius 2 is 2.11 bits per heavy atom. The van der Waals surface area contributed by atoms with E-state index in [2.05, 4.69) is 31.3 Å². The monoisotopic (exact) mass is 249 g/mol. The first kappa shape index (κ1) is 13.2. The third-order valence-corrected chi connectivity index (χ3v) is 3.30. The van der Waals surface area contributed by atoms with Crippen LogP contribution in [0.25, 0.3) is 0 Å². The van der Waals surface area contributed by atoms with Crippen LogP contribution in [0.2, 0.25) is 0 Å². The lowest BCUT2D eigenvalue weighted by molar-refractivity contribution is 0.207. The molecule has 3 heteroatoms. The predicted octanol–water partition coefficient (Wildman–Crippen LogP) is 3.12. The first-order valence-corrected chi connectivity index (χ1v) is 6.80. The second-order valence-electron chi connectivity index (χ2n) is 4.98. The molecule has 1 N–H and O–H groups in total. The second kappa shape index (κ2) is 6.10. The van der Waals surface area contributed by atoms with Gasteiger partial charge in [-0.2, -0.15) is 0 Å². The summed E-state index contributed by atoms with van der Waals surface area (Å²) in [5.74, 6) is 1.66. The molecule has 1 saturated carbocycles. The van der Waals surface area contributed by atoms with Crippen LogP contribution in [0.1, 0.15) is 38.7 Å². The van der Waals surface area contributed by atoms with E-state index in [1.807, 2.05) is 6.07 Å². The third kappa shape index (κ3) is 3.64. The van der Waals surface area contributed by atoms with Crippen molar-refractivity contribution >= 4 is 0 Å². The Kier molecular flexibility index (Phi) is 4.48. The molecule has 0 saturated heterocycles. The van der Waals surface area contributed by atoms with E-state index in [9.17, 15) is 0 Å². The van der Waals surface area contributed by atoms with Crippen LogP contribution < -0.4 is 14.8 Å². The van der Waals surface area contributed by atoms with Gasteiger partial charge in [0.1, 0.15) is 0 Å². The van der Waals surface area contributed by atoms with Gasteiger partial charge in [0.05, 0.1) is 13.2 Å². The lowest BCUT2D eigenvalue weighted by Gasteiger charge is -2.16. The maximum Gasteiger partial charge on any atom is 0.161 e. The molecule has 2 rings (SSSR count). The van der Waals surface area contributed by atoms with Crippen LogP contribution in [0.4, 0.5) is 0 Å². The molecule has 0 heterocycles. The highest BCUT2D eigenvalue weighted by atomic mass is 16.5. The van der Waals surface area contributed by atoms with Gasteiger partial charge in [-0.3, -0.25) is 0 Å². The van der Waals surface area contributed by atoms with Gasteiger partial charge in [0.2, 0.25) is 0 Å². The standard InChI is InChI=1S/C15H23NO2/c1-4-11(2)18-14-8-5-12(9-15(14)17-3)10-16-13-6-7-13/h5,8-9,11,13,16H,4,6-7,10H2,1-3H3. The highest BCUT2D eigenvalue weighted by Gasteiger charge is 2.20. The van der Waals surface area contributed by atoms with Gasteiger partial charge in [-0.05, 0) is 43.9 Å². The number of rotatable bonds is 7. The SMILES string of the molecule is CCC(C)Oc1ccc(CNC2CC2)cc1OC. The van der Waals surface area contributed by atoms with Crippen LogP contribution in [0, 0.1) is 0 Å². The summed E-state index contributed by atoms with van der Waals surface area (Å²) in [7, 11) is 1.69. The van der Waals surface area contributed by atoms with Crippen molar-refractivity contribution < 1.29 is 9.47 Å².